The lowest BCUT2D eigenvalue weighted by atomic mass is 9.98. The number of amides is 2. The molecule has 0 N–H and O–H groups in total. The molecule has 1 atom stereocenters. The highest BCUT2D eigenvalue weighted by molar-refractivity contribution is 6.10. The van der Waals surface area contributed by atoms with Crippen LogP contribution in [0.2, 0.25) is 0 Å². The van der Waals surface area contributed by atoms with E-state index in [1.165, 1.54) is 18.2 Å². The Morgan fingerprint density at radius 2 is 1.83 bits per heavy atom. The maximum atomic E-state index is 13.2. The molecule has 116 valence electrons. The summed E-state index contributed by atoms with van der Waals surface area (Å²) in [5.74, 6) is -2.31. The molecule has 0 spiro atoms. The van der Waals surface area contributed by atoms with E-state index >= 15 is 0 Å². The van der Waals surface area contributed by atoms with E-state index in [-0.39, 0.29) is 30.3 Å². The summed E-state index contributed by atoms with van der Waals surface area (Å²) >= 11 is 0. The fourth-order valence-corrected chi connectivity index (χ4v) is 2.69. The zero-order valence-electron chi connectivity index (χ0n) is 12.2. The Labute approximate surface area is 132 Å². The third kappa shape index (κ3) is 3.04. The van der Waals surface area contributed by atoms with Crippen molar-refractivity contribution in [1.29, 1.82) is 0 Å². The first kappa shape index (κ1) is 15.1. The number of halogens is 1. The number of carbonyl (C=O) groups excluding carboxylic acids is 3. The SMILES string of the molecule is O=C(CN1C(=O)C[C@@H](c2ccccc2)C1=O)c1cccc(F)c1. The molecule has 2 aromatic rings. The van der Waals surface area contributed by atoms with Crippen molar-refractivity contribution in [2.45, 2.75) is 12.3 Å². The van der Waals surface area contributed by atoms with Gasteiger partial charge in [-0.3, -0.25) is 19.3 Å². The van der Waals surface area contributed by atoms with Gasteiger partial charge in [0.05, 0.1) is 12.5 Å². The Bertz CT molecular complexity index is 773. The molecular formula is C18H14FNO3. The number of hydrogen-bond donors (Lipinski definition) is 0. The van der Waals surface area contributed by atoms with Crippen LogP contribution in [0.4, 0.5) is 4.39 Å². The van der Waals surface area contributed by atoms with Gasteiger partial charge in [-0.1, -0.05) is 42.5 Å². The molecule has 23 heavy (non-hydrogen) atoms. The van der Waals surface area contributed by atoms with Crippen molar-refractivity contribution >= 4 is 17.6 Å². The van der Waals surface area contributed by atoms with E-state index < -0.39 is 17.5 Å². The minimum absolute atomic E-state index is 0.0548. The van der Waals surface area contributed by atoms with Crippen molar-refractivity contribution in [3.05, 3.63) is 71.5 Å². The number of likely N-dealkylation sites (tertiary alicyclic amines) is 1. The quantitative estimate of drug-likeness (QED) is 0.644. The number of nitrogens with zero attached hydrogens (tertiary/aromatic N) is 1. The van der Waals surface area contributed by atoms with Gasteiger partial charge in [-0.2, -0.15) is 0 Å². The number of Topliss-reactive ketones (excluding diaryl/α,β-unsaturated/α-hetero) is 1. The summed E-state index contributed by atoms with van der Waals surface area (Å²) in [5, 5.41) is 0. The number of imide groups is 1. The third-order valence-corrected chi connectivity index (χ3v) is 3.89. The van der Waals surface area contributed by atoms with E-state index in [0.717, 1.165) is 16.5 Å². The molecule has 1 aliphatic rings. The molecule has 4 nitrogen and oxygen atoms in total. The van der Waals surface area contributed by atoms with Gasteiger partial charge in [0.25, 0.3) is 0 Å². The first-order valence-electron chi connectivity index (χ1n) is 7.24. The molecule has 0 unspecified atom stereocenters. The van der Waals surface area contributed by atoms with Crippen LogP contribution in [-0.4, -0.2) is 29.0 Å². The monoisotopic (exact) mass is 311 g/mol. The molecule has 1 aliphatic heterocycles. The van der Waals surface area contributed by atoms with Crippen LogP contribution in [0.15, 0.2) is 54.6 Å². The van der Waals surface area contributed by atoms with Crippen LogP contribution in [-0.2, 0) is 9.59 Å². The summed E-state index contributed by atoms with van der Waals surface area (Å²) in [7, 11) is 0. The van der Waals surface area contributed by atoms with E-state index in [1.807, 2.05) is 6.07 Å². The molecule has 1 fully saturated rings. The first-order valence-corrected chi connectivity index (χ1v) is 7.24. The van der Waals surface area contributed by atoms with Gasteiger partial charge in [0.1, 0.15) is 5.82 Å². The van der Waals surface area contributed by atoms with Crippen LogP contribution in [0.3, 0.4) is 0 Å². The Kier molecular flexibility index (Phi) is 4.02. The summed E-state index contributed by atoms with van der Waals surface area (Å²) in [6.07, 6.45) is 0.0548. The zero-order valence-corrected chi connectivity index (χ0v) is 12.2. The molecule has 5 heteroatoms. The average Bonchev–Trinajstić information content (AvgIpc) is 2.84. The number of hydrogen-bond acceptors (Lipinski definition) is 3. The second-order valence-corrected chi connectivity index (χ2v) is 5.42. The summed E-state index contributed by atoms with van der Waals surface area (Å²) in [4.78, 5) is 37.6. The fraction of sp³-hybridized carbons (Fsp3) is 0.167. The molecule has 1 heterocycles. The van der Waals surface area contributed by atoms with E-state index in [1.54, 1.807) is 24.3 Å². The molecule has 1 saturated heterocycles. The predicted octanol–water partition coefficient (Wildman–Crippen LogP) is 2.55. The molecule has 3 rings (SSSR count). The van der Waals surface area contributed by atoms with Crippen molar-refractivity contribution in [3.8, 4) is 0 Å². The van der Waals surface area contributed by atoms with Gasteiger partial charge in [0, 0.05) is 12.0 Å². The highest BCUT2D eigenvalue weighted by atomic mass is 19.1. The van der Waals surface area contributed by atoms with Crippen molar-refractivity contribution in [2.75, 3.05) is 6.54 Å². The molecular weight excluding hydrogens is 297 g/mol. The predicted molar refractivity (Wildman–Crippen MR) is 81.3 cm³/mol. The lowest BCUT2D eigenvalue weighted by molar-refractivity contribution is -0.138. The molecule has 0 bridgehead atoms. The van der Waals surface area contributed by atoms with Crippen LogP contribution >= 0.6 is 0 Å². The standard InChI is InChI=1S/C18H14FNO3/c19-14-8-4-7-13(9-14)16(21)11-20-17(22)10-15(18(20)23)12-5-2-1-3-6-12/h1-9,15H,10-11H2/t15-/m0/s1. The van der Waals surface area contributed by atoms with Crippen molar-refractivity contribution in [3.63, 3.8) is 0 Å². The number of carbonyl (C=O) groups is 3. The molecule has 0 radical (unpaired) electrons. The lowest BCUT2D eigenvalue weighted by Gasteiger charge is -2.14. The second kappa shape index (κ2) is 6.12. The minimum atomic E-state index is -0.552. The summed E-state index contributed by atoms with van der Waals surface area (Å²) in [5.41, 5.74) is 0.903. The van der Waals surface area contributed by atoms with Gasteiger partial charge in [-0.25, -0.2) is 4.39 Å². The van der Waals surface area contributed by atoms with Gasteiger partial charge in [-0.15, -0.1) is 0 Å². The van der Waals surface area contributed by atoms with E-state index in [2.05, 4.69) is 0 Å². The van der Waals surface area contributed by atoms with E-state index in [9.17, 15) is 18.8 Å². The second-order valence-electron chi connectivity index (χ2n) is 5.42. The summed E-state index contributed by atoms with van der Waals surface area (Å²) in [6.45, 7) is -0.357. The summed E-state index contributed by atoms with van der Waals surface area (Å²) < 4.78 is 13.2. The smallest absolute Gasteiger partial charge is 0.237 e. The van der Waals surface area contributed by atoms with Crippen molar-refractivity contribution in [2.24, 2.45) is 0 Å². The average molecular weight is 311 g/mol. The van der Waals surface area contributed by atoms with Gasteiger partial charge in [0.2, 0.25) is 11.8 Å². The highest BCUT2D eigenvalue weighted by Crippen LogP contribution is 2.29. The normalized spacial score (nSPS) is 17.6. The number of ketones is 1. The first-order chi connectivity index (χ1) is 11.1. The third-order valence-electron chi connectivity index (χ3n) is 3.89. The topological polar surface area (TPSA) is 54.5 Å². The van der Waals surface area contributed by atoms with E-state index in [4.69, 9.17) is 0 Å². The largest absolute Gasteiger partial charge is 0.292 e. The number of rotatable bonds is 4. The molecule has 0 aromatic heterocycles. The minimum Gasteiger partial charge on any atom is -0.292 e. The molecule has 2 aromatic carbocycles. The molecule has 0 aliphatic carbocycles. The van der Waals surface area contributed by atoms with E-state index in [0.29, 0.717) is 0 Å². The zero-order chi connectivity index (χ0) is 16.4. The number of benzene rings is 2. The van der Waals surface area contributed by atoms with Crippen LogP contribution in [0.1, 0.15) is 28.3 Å². The van der Waals surface area contributed by atoms with Crippen molar-refractivity contribution < 1.29 is 18.8 Å². The van der Waals surface area contributed by atoms with Gasteiger partial charge in [-0.05, 0) is 17.7 Å². The Hall–Kier alpha value is -2.82. The Balaban J connectivity index is 1.77. The fourth-order valence-electron chi connectivity index (χ4n) is 2.69. The van der Waals surface area contributed by atoms with Crippen LogP contribution in [0, 0.1) is 5.82 Å². The molecule has 2 amide bonds. The maximum Gasteiger partial charge on any atom is 0.237 e. The molecule has 0 saturated carbocycles. The van der Waals surface area contributed by atoms with Crippen molar-refractivity contribution in [1.82, 2.24) is 4.90 Å². The van der Waals surface area contributed by atoms with Gasteiger partial charge < -0.3 is 0 Å². The Morgan fingerprint density at radius 3 is 2.52 bits per heavy atom. The lowest BCUT2D eigenvalue weighted by Crippen LogP contribution is -2.35. The van der Waals surface area contributed by atoms with Crippen LogP contribution in [0.25, 0.3) is 0 Å². The van der Waals surface area contributed by atoms with Crippen LogP contribution in [0.5, 0.6) is 0 Å². The van der Waals surface area contributed by atoms with Crippen LogP contribution < -0.4 is 0 Å². The van der Waals surface area contributed by atoms with Gasteiger partial charge >= 0.3 is 0 Å². The summed E-state index contributed by atoms with van der Waals surface area (Å²) in [6, 6.07) is 14.2. The highest BCUT2D eigenvalue weighted by Gasteiger charge is 2.40. The Morgan fingerprint density at radius 1 is 1.09 bits per heavy atom. The maximum absolute atomic E-state index is 13.2. The van der Waals surface area contributed by atoms with Gasteiger partial charge in [0.15, 0.2) is 5.78 Å².